The molecule has 0 aliphatic heterocycles. The molecule has 0 bridgehead atoms. The zero-order valence-corrected chi connectivity index (χ0v) is 13.5. The van der Waals surface area contributed by atoms with Crippen LogP contribution in [0.2, 0.25) is 5.02 Å². The van der Waals surface area contributed by atoms with Gasteiger partial charge in [-0.3, -0.25) is 9.59 Å². The van der Waals surface area contributed by atoms with Gasteiger partial charge in [-0.15, -0.1) is 11.3 Å². The van der Waals surface area contributed by atoms with Gasteiger partial charge >= 0.3 is 0 Å². The number of hydrogen-bond donors (Lipinski definition) is 1. The maximum atomic E-state index is 13.1. The summed E-state index contributed by atoms with van der Waals surface area (Å²) in [6, 6.07) is 5.33. The van der Waals surface area contributed by atoms with Crippen molar-refractivity contribution in [2.75, 3.05) is 7.05 Å². The Kier molecular flexibility index (Phi) is 4.14. The van der Waals surface area contributed by atoms with E-state index in [1.54, 1.807) is 18.5 Å². The molecule has 1 N–H and O–H groups in total. The number of thiophene rings is 1. The quantitative estimate of drug-likeness (QED) is 0.788. The van der Waals surface area contributed by atoms with E-state index in [9.17, 15) is 14.0 Å². The smallest absolute Gasteiger partial charge is 0.268 e. The summed E-state index contributed by atoms with van der Waals surface area (Å²) in [5, 5.41) is 1.82. The molecule has 0 spiro atoms. The molecule has 1 aromatic carbocycles. The third kappa shape index (κ3) is 3.11. The predicted octanol–water partition coefficient (Wildman–Crippen LogP) is 3.05. The first-order valence-electron chi connectivity index (χ1n) is 6.62. The molecule has 0 fully saturated rings. The van der Waals surface area contributed by atoms with E-state index in [1.165, 1.54) is 28.4 Å². The van der Waals surface area contributed by atoms with Crippen molar-refractivity contribution in [3.05, 3.63) is 62.2 Å². The number of H-pyrrole nitrogens is 1. The highest BCUT2D eigenvalue weighted by Gasteiger charge is 2.17. The van der Waals surface area contributed by atoms with Crippen molar-refractivity contribution < 1.29 is 9.18 Å². The Morgan fingerprint density at radius 2 is 2.22 bits per heavy atom. The summed E-state index contributed by atoms with van der Waals surface area (Å²) in [5.74, 6) is -0.527. The van der Waals surface area contributed by atoms with Crippen molar-refractivity contribution in [2.45, 2.75) is 6.54 Å². The first-order valence-corrected chi connectivity index (χ1v) is 7.88. The van der Waals surface area contributed by atoms with E-state index in [0.29, 0.717) is 16.0 Å². The molecule has 0 saturated heterocycles. The van der Waals surface area contributed by atoms with E-state index >= 15 is 0 Å². The Hall–Kier alpha value is -2.25. The number of fused-ring (bicyclic) bond motifs is 1. The molecule has 118 valence electrons. The van der Waals surface area contributed by atoms with Crippen molar-refractivity contribution >= 4 is 39.1 Å². The molecule has 0 radical (unpaired) electrons. The monoisotopic (exact) mass is 351 g/mol. The van der Waals surface area contributed by atoms with Gasteiger partial charge in [0, 0.05) is 7.05 Å². The highest BCUT2D eigenvalue weighted by Crippen LogP contribution is 2.19. The number of nitrogens with zero attached hydrogens (tertiary/aromatic N) is 2. The van der Waals surface area contributed by atoms with E-state index in [4.69, 9.17) is 11.6 Å². The molecular formula is C15H11ClFN3O2S. The summed E-state index contributed by atoms with van der Waals surface area (Å²) < 4.78 is 13.6. The number of amides is 1. The molecule has 1 amide bonds. The minimum Gasteiger partial charge on any atom is -0.334 e. The van der Waals surface area contributed by atoms with Crippen molar-refractivity contribution in [1.82, 2.24) is 14.9 Å². The van der Waals surface area contributed by atoms with Gasteiger partial charge in [-0.25, -0.2) is 9.37 Å². The van der Waals surface area contributed by atoms with Crippen LogP contribution in [-0.4, -0.2) is 27.8 Å². The first-order chi connectivity index (χ1) is 11.0. The second-order valence-corrected chi connectivity index (χ2v) is 6.26. The number of rotatable bonds is 3. The zero-order chi connectivity index (χ0) is 16.6. The molecular weight excluding hydrogens is 341 g/mol. The lowest BCUT2D eigenvalue weighted by Crippen LogP contribution is -2.28. The number of aromatic amines is 1. The molecule has 0 aliphatic rings. The molecule has 0 unspecified atom stereocenters. The van der Waals surface area contributed by atoms with Crippen LogP contribution in [-0.2, 0) is 6.54 Å². The fraction of sp³-hybridized carbons (Fsp3) is 0.133. The van der Waals surface area contributed by atoms with Gasteiger partial charge in [0.2, 0.25) is 0 Å². The molecule has 2 heterocycles. The largest absolute Gasteiger partial charge is 0.334 e. The number of carbonyl (C=O) groups excluding carboxylic acids is 1. The highest BCUT2D eigenvalue weighted by molar-refractivity contribution is 7.17. The lowest BCUT2D eigenvalue weighted by Gasteiger charge is -2.17. The maximum Gasteiger partial charge on any atom is 0.268 e. The molecule has 0 saturated carbocycles. The maximum absolute atomic E-state index is 13.1. The van der Waals surface area contributed by atoms with Crippen molar-refractivity contribution in [3.63, 3.8) is 0 Å². The molecule has 0 atom stereocenters. The van der Waals surface area contributed by atoms with Crippen LogP contribution in [0, 0.1) is 5.82 Å². The summed E-state index contributed by atoms with van der Waals surface area (Å²) in [7, 11) is 1.56. The standard InChI is InChI=1S/C15H11ClFN3O2S/c1-20(15(22)9-3-2-8(17)6-10(9)16)7-12-18-11-4-5-23-13(11)14(21)19-12/h2-6H,7H2,1H3,(H,18,19,21). The van der Waals surface area contributed by atoms with Crippen LogP contribution < -0.4 is 5.56 Å². The topological polar surface area (TPSA) is 66.1 Å². The van der Waals surface area contributed by atoms with Gasteiger partial charge in [-0.2, -0.15) is 0 Å². The number of aromatic nitrogens is 2. The second-order valence-electron chi connectivity index (χ2n) is 4.93. The Labute approximate surface area is 139 Å². The zero-order valence-electron chi connectivity index (χ0n) is 12.0. The van der Waals surface area contributed by atoms with Crippen molar-refractivity contribution in [2.24, 2.45) is 0 Å². The number of carbonyl (C=O) groups is 1. The molecule has 3 aromatic rings. The van der Waals surface area contributed by atoms with Crippen LogP contribution in [0.15, 0.2) is 34.4 Å². The van der Waals surface area contributed by atoms with Gasteiger partial charge in [0.1, 0.15) is 16.3 Å². The van der Waals surface area contributed by atoms with E-state index < -0.39 is 5.82 Å². The number of hydrogen-bond acceptors (Lipinski definition) is 4. The summed E-state index contributed by atoms with van der Waals surface area (Å²) >= 11 is 7.21. The fourth-order valence-corrected chi connectivity index (χ4v) is 3.14. The predicted molar refractivity (Wildman–Crippen MR) is 87.4 cm³/mol. The van der Waals surface area contributed by atoms with E-state index in [2.05, 4.69) is 9.97 Å². The second kappa shape index (κ2) is 6.10. The van der Waals surface area contributed by atoms with Crippen LogP contribution in [0.5, 0.6) is 0 Å². The number of halogens is 2. The lowest BCUT2D eigenvalue weighted by atomic mass is 10.2. The van der Waals surface area contributed by atoms with E-state index in [1.807, 2.05) is 0 Å². The normalized spacial score (nSPS) is 10.9. The Morgan fingerprint density at radius 3 is 2.96 bits per heavy atom. The van der Waals surface area contributed by atoms with Crippen LogP contribution in [0.4, 0.5) is 4.39 Å². The van der Waals surface area contributed by atoms with Gasteiger partial charge in [-0.1, -0.05) is 11.6 Å². The Bertz CT molecular complexity index is 953. The number of benzene rings is 1. The summed E-state index contributed by atoms with van der Waals surface area (Å²) in [6.07, 6.45) is 0. The third-order valence-corrected chi connectivity index (χ3v) is 4.47. The van der Waals surface area contributed by atoms with E-state index in [0.717, 1.165) is 6.07 Å². The van der Waals surface area contributed by atoms with Gasteiger partial charge in [0.25, 0.3) is 11.5 Å². The van der Waals surface area contributed by atoms with Gasteiger partial charge < -0.3 is 9.88 Å². The Balaban J connectivity index is 1.86. The minimum atomic E-state index is -0.511. The minimum absolute atomic E-state index is 0.0385. The Morgan fingerprint density at radius 1 is 1.43 bits per heavy atom. The highest BCUT2D eigenvalue weighted by atomic mass is 35.5. The van der Waals surface area contributed by atoms with Crippen LogP contribution in [0.3, 0.4) is 0 Å². The fourth-order valence-electron chi connectivity index (χ4n) is 2.16. The van der Waals surface area contributed by atoms with Gasteiger partial charge in [0.15, 0.2) is 0 Å². The third-order valence-electron chi connectivity index (χ3n) is 3.26. The molecule has 0 aliphatic carbocycles. The lowest BCUT2D eigenvalue weighted by molar-refractivity contribution is 0.0781. The SMILES string of the molecule is CN(Cc1nc2ccsc2c(=O)[nH]1)C(=O)c1ccc(F)cc1Cl. The summed E-state index contributed by atoms with van der Waals surface area (Å²) in [6.45, 7) is 0.105. The van der Waals surface area contributed by atoms with Gasteiger partial charge in [0.05, 0.1) is 22.6 Å². The van der Waals surface area contributed by atoms with Crippen molar-refractivity contribution in [1.29, 1.82) is 0 Å². The molecule has 5 nitrogen and oxygen atoms in total. The van der Waals surface area contributed by atoms with Crippen LogP contribution in [0.1, 0.15) is 16.2 Å². The molecule has 23 heavy (non-hydrogen) atoms. The first kappa shape index (κ1) is 15.6. The van der Waals surface area contributed by atoms with Crippen LogP contribution >= 0.6 is 22.9 Å². The summed E-state index contributed by atoms with van der Waals surface area (Å²) in [4.78, 5) is 32.6. The average molecular weight is 352 g/mol. The molecule has 2 aromatic heterocycles. The summed E-state index contributed by atoms with van der Waals surface area (Å²) in [5.41, 5.74) is 0.546. The number of nitrogens with one attached hydrogen (secondary N) is 1. The van der Waals surface area contributed by atoms with Crippen molar-refractivity contribution in [3.8, 4) is 0 Å². The van der Waals surface area contributed by atoms with E-state index in [-0.39, 0.29) is 28.6 Å². The van der Waals surface area contributed by atoms with Crippen LogP contribution in [0.25, 0.3) is 10.2 Å². The van der Waals surface area contributed by atoms with Gasteiger partial charge in [-0.05, 0) is 29.6 Å². The molecule has 3 rings (SSSR count). The molecule has 8 heteroatoms. The average Bonchev–Trinajstić information content (AvgIpc) is 2.95.